The summed E-state index contributed by atoms with van der Waals surface area (Å²) in [6.45, 7) is 3.49. The molecule has 26 heavy (non-hydrogen) atoms. The zero-order valence-electron chi connectivity index (χ0n) is 14.5. The van der Waals surface area contributed by atoms with E-state index in [4.69, 9.17) is 9.47 Å². The molecule has 0 spiro atoms. The molecule has 6 heteroatoms. The van der Waals surface area contributed by atoms with Crippen molar-refractivity contribution in [1.82, 2.24) is 14.6 Å². The van der Waals surface area contributed by atoms with Crippen LogP contribution in [0.15, 0.2) is 48.8 Å². The van der Waals surface area contributed by atoms with E-state index in [1.165, 1.54) is 5.57 Å². The van der Waals surface area contributed by atoms with Gasteiger partial charge >= 0.3 is 5.97 Å². The Morgan fingerprint density at radius 3 is 3.00 bits per heavy atom. The summed E-state index contributed by atoms with van der Waals surface area (Å²) in [6, 6.07) is 9.36. The van der Waals surface area contributed by atoms with Crippen molar-refractivity contribution < 1.29 is 14.3 Å². The van der Waals surface area contributed by atoms with Crippen LogP contribution in [0.2, 0.25) is 0 Å². The van der Waals surface area contributed by atoms with Gasteiger partial charge in [-0.2, -0.15) is 5.10 Å². The maximum absolute atomic E-state index is 12.3. The molecule has 0 aliphatic carbocycles. The molecule has 0 N–H and O–H groups in total. The molecule has 0 unspecified atom stereocenters. The predicted molar refractivity (Wildman–Crippen MR) is 97.8 cm³/mol. The quantitative estimate of drug-likeness (QED) is 0.676. The minimum absolute atomic E-state index is 0.334. The number of imidazole rings is 1. The number of ether oxygens (including phenoxy) is 2. The average Bonchev–Trinajstić information content (AvgIpc) is 3.12. The average molecular weight is 349 g/mol. The summed E-state index contributed by atoms with van der Waals surface area (Å²) >= 11 is 0. The minimum atomic E-state index is -0.345. The third kappa shape index (κ3) is 2.99. The summed E-state index contributed by atoms with van der Waals surface area (Å²) in [6.07, 6.45) is 6.53. The first-order chi connectivity index (χ1) is 12.8. The molecule has 1 aliphatic heterocycles. The third-order valence-electron chi connectivity index (χ3n) is 4.39. The Morgan fingerprint density at radius 2 is 2.19 bits per heavy atom. The Bertz CT molecular complexity index is 991. The van der Waals surface area contributed by atoms with Gasteiger partial charge in [-0.3, -0.25) is 0 Å². The SMILES string of the molecule is CCOC(=O)c1ccccc1-c1cnc2cc(C3=CCOCC3)cnn12. The van der Waals surface area contributed by atoms with E-state index in [1.807, 2.05) is 30.5 Å². The smallest absolute Gasteiger partial charge is 0.338 e. The molecule has 3 heterocycles. The number of carbonyl (C=O) groups excluding carboxylic acids is 1. The number of nitrogens with zero attached hydrogens (tertiary/aromatic N) is 3. The Kier molecular flexibility index (Phi) is 4.50. The van der Waals surface area contributed by atoms with Crippen LogP contribution in [0.1, 0.15) is 29.3 Å². The van der Waals surface area contributed by atoms with Gasteiger partial charge < -0.3 is 9.47 Å². The van der Waals surface area contributed by atoms with Crippen LogP contribution < -0.4 is 0 Å². The molecule has 1 aromatic carbocycles. The van der Waals surface area contributed by atoms with Crippen molar-refractivity contribution in [2.75, 3.05) is 19.8 Å². The van der Waals surface area contributed by atoms with E-state index in [2.05, 4.69) is 16.2 Å². The van der Waals surface area contributed by atoms with Crippen molar-refractivity contribution in [1.29, 1.82) is 0 Å². The van der Waals surface area contributed by atoms with E-state index in [0.717, 1.165) is 35.5 Å². The van der Waals surface area contributed by atoms with Gasteiger partial charge in [-0.25, -0.2) is 14.3 Å². The lowest BCUT2D eigenvalue weighted by atomic mass is 10.0. The summed E-state index contributed by atoms with van der Waals surface area (Å²) in [5, 5.41) is 4.56. The number of hydrogen-bond donors (Lipinski definition) is 0. The van der Waals surface area contributed by atoms with Crippen LogP contribution in [0.25, 0.3) is 22.5 Å². The lowest BCUT2D eigenvalue weighted by molar-refractivity contribution is 0.0527. The van der Waals surface area contributed by atoms with Crippen molar-refractivity contribution in [2.24, 2.45) is 0 Å². The van der Waals surface area contributed by atoms with Crippen LogP contribution in [-0.4, -0.2) is 40.4 Å². The fourth-order valence-electron chi connectivity index (χ4n) is 3.12. The highest BCUT2D eigenvalue weighted by atomic mass is 16.5. The lowest BCUT2D eigenvalue weighted by Gasteiger charge is -2.13. The van der Waals surface area contributed by atoms with Gasteiger partial charge in [-0.05, 0) is 31.1 Å². The van der Waals surface area contributed by atoms with E-state index >= 15 is 0 Å². The molecule has 6 nitrogen and oxygen atoms in total. The first kappa shape index (κ1) is 16.5. The molecule has 0 atom stereocenters. The minimum Gasteiger partial charge on any atom is -0.462 e. The second-order valence-electron chi connectivity index (χ2n) is 5.98. The molecule has 0 amide bonds. The third-order valence-corrected chi connectivity index (χ3v) is 4.39. The highest BCUT2D eigenvalue weighted by molar-refractivity contribution is 5.97. The number of fused-ring (bicyclic) bond motifs is 1. The van der Waals surface area contributed by atoms with E-state index in [0.29, 0.717) is 18.8 Å². The van der Waals surface area contributed by atoms with Crippen molar-refractivity contribution >= 4 is 17.2 Å². The van der Waals surface area contributed by atoms with Crippen molar-refractivity contribution in [3.8, 4) is 11.3 Å². The molecular weight excluding hydrogens is 330 g/mol. The van der Waals surface area contributed by atoms with Gasteiger partial charge in [-0.15, -0.1) is 0 Å². The maximum atomic E-state index is 12.3. The largest absolute Gasteiger partial charge is 0.462 e. The number of aromatic nitrogens is 3. The van der Waals surface area contributed by atoms with E-state index in [-0.39, 0.29) is 5.97 Å². The van der Waals surface area contributed by atoms with Crippen LogP contribution in [0.4, 0.5) is 0 Å². The van der Waals surface area contributed by atoms with Crippen molar-refractivity contribution in [3.05, 3.63) is 59.9 Å². The normalized spacial score (nSPS) is 14.3. The standard InChI is InChI=1S/C20H19N3O3/c1-2-26-20(24)17-6-4-3-5-16(17)18-13-21-19-11-15(12-22-23(18)19)14-7-9-25-10-8-14/h3-7,11-13H,2,8-10H2,1H3. The molecule has 1 aliphatic rings. The van der Waals surface area contributed by atoms with Crippen LogP contribution in [0, 0.1) is 0 Å². The molecule has 0 fully saturated rings. The Hall–Kier alpha value is -2.99. The van der Waals surface area contributed by atoms with Gasteiger partial charge in [-0.1, -0.05) is 24.3 Å². The zero-order valence-corrected chi connectivity index (χ0v) is 14.5. The summed E-state index contributed by atoms with van der Waals surface area (Å²) < 4.78 is 12.3. The van der Waals surface area contributed by atoms with Gasteiger partial charge in [0.05, 0.1) is 43.5 Å². The maximum Gasteiger partial charge on any atom is 0.338 e. The van der Waals surface area contributed by atoms with Gasteiger partial charge in [0.25, 0.3) is 0 Å². The van der Waals surface area contributed by atoms with Crippen LogP contribution in [0.5, 0.6) is 0 Å². The Morgan fingerprint density at radius 1 is 1.31 bits per heavy atom. The molecule has 0 saturated heterocycles. The summed E-state index contributed by atoms with van der Waals surface area (Å²) in [4.78, 5) is 16.8. The summed E-state index contributed by atoms with van der Waals surface area (Å²) in [5.41, 5.74) is 5.04. The zero-order chi connectivity index (χ0) is 17.9. The van der Waals surface area contributed by atoms with Crippen LogP contribution >= 0.6 is 0 Å². The summed E-state index contributed by atoms with van der Waals surface area (Å²) in [7, 11) is 0. The molecule has 132 valence electrons. The molecule has 0 bridgehead atoms. The molecule has 0 saturated carbocycles. The highest BCUT2D eigenvalue weighted by Gasteiger charge is 2.17. The van der Waals surface area contributed by atoms with Gasteiger partial charge in [0, 0.05) is 11.1 Å². The first-order valence-electron chi connectivity index (χ1n) is 8.65. The molecule has 3 aromatic rings. The summed E-state index contributed by atoms with van der Waals surface area (Å²) in [5.74, 6) is -0.345. The second-order valence-corrected chi connectivity index (χ2v) is 5.98. The number of esters is 1. The Labute approximate surface area is 151 Å². The highest BCUT2D eigenvalue weighted by Crippen LogP contribution is 2.27. The predicted octanol–water partition coefficient (Wildman–Crippen LogP) is 3.38. The van der Waals surface area contributed by atoms with E-state index in [9.17, 15) is 4.79 Å². The first-order valence-corrected chi connectivity index (χ1v) is 8.65. The van der Waals surface area contributed by atoms with Crippen molar-refractivity contribution in [3.63, 3.8) is 0 Å². The van der Waals surface area contributed by atoms with Crippen LogP contribution in [0.3, 0.4) is 0 Å². The number of hydrogen-bond acceptors (Lipinski definition) is 5. The Balaban J connectivity index is 1.77. The molecular formula is C20H19N3O3. The fraction of sp³-hybridized carbons (Fsp3) is 0.250. The van der Waals surface area contributed by atoms with Crippen LogP contribution in [-0.2, 0) is 9.47 Å². The molecule has 0 radical (unpaired) electrons. The topological polar surface area (TPSA) is 65.7 Å². The van der Waals surface area contributed by atoms with E-state index in [1.54, 1.807) is 23.7 Å². The van der Waals surface area contributed by atoms with Gasteiger partial charge in [0.15, 0.2) is 5.65 Å². The second kappa shape index (κ2) is 7.09. The monoisotopic (exact) mass is 349 g/mol. The molecule has 4 rings (SSSR count). The number of carbonyl (C=O) groups is 1. The lowest BCUT2D eigenvalue weighted by Crippen LogP contribution is -2.07. The number of benzene rings is 1. The molecule has 2 aromatic heterocycles. The number of rotatable bonds is 4. The fourth-order valence-corrected chi connectivity index (χ4v) is 3.12. The van der Waals surface area contributed by atoms with Crippen molar-refractivity contribution in [2.45, 2.75) is 13.3 Å². The van der Waals surface area contributed by atoms with Gasteiger partial charge in [0.2, 0.25) is 0 Å². The van der Waals surface area contributed by atoms with E-state index < -0.39 is 0 Å². The van der Waals surface area contributed by atoms with Gasteiger partial charge in [0.1, 0.15) is 0 Å².